The van der Waals surface area contributed by atoms with Gasteiger partial charge in [0.2, 0.25) is 0 Å². The van der Waals surface area contributed by atoms with Gasteiger partial charge in [0.15, 0.2) is 0 Å². The Morgan fingerprint density at radius 3 is 1.94 bits per heavy atom. The molecule has 0 bridgehead atoms. The molecule has 1 saturated heterocycles. The van der Waals surface area contributed by atoms with Crippen molar-refractivity contribution in [1.82, 2.24) is 4.90 Å². The maximum absolute atomic E-state index is 2.64. The van der Waals surface area contributed by atoms with Gasteiger partial charge in [-0.3, -0.25) is 4.90 Å². The summed E-state index contributed by atoms with van der Waals surface area (Å²) in [5, 5.41) is 0. The first-order valence-corrected chi connectivity index (χ1v) is 6.73. The first kappa shape index (κ1) is 12.2. The van der Waals surface area contributed by atoms with Gasteiger partial charge < -0.3 is 0 Å². The summed E-state index contributed by atoms with van der Waals surface area (Å²) in [5.41, 5.74) is 4.37. The molecule has 1 saturated carbocycles. The van der Waals surface area contributed by atoms with E-state index in [0.29, 0.717) is 11.0 Å². The lowest BCUT2D eigenvalue weighted by molar-refractivity contribution is -0.0734. The molecule has 0 atom stereocenters. The van der Waals surface area contributed by atoms with Gasteiger partial charge in [0.1, 0.15) is 0 Å². The minimum absolute atomic E-state index is 0.377. The van der Waals surface area contributed by atoms with Crippen LogP contribution in [0.5, 0.6) is 0 Å². The summed E-state index contributed by atoms with van der Waals surface area (Å²) in [7, 11) is 0. The van der Waals surface area contributed by atoms with E-state index < -0.39 is 0 Å². The molecule has 1 aliphatic carbocycles. The van der Waals surface area contributed by atoms with E-state index in [4.69, 9.17) is 0 Å². The van der Waals surface area contributed by atoms with Gasteiger partial charge in [0.05, 0.1) is 0 Å². The summed E-state index contributed by atoms with van der Waals surface area (Å²) in [6, 6.07) is 0. The second-order valence-corrected chi connectivity index (χ2v) is 7.13. The van der Waals surface area contributed by atoms with E-state index in [1.54, 1.807) is 11.1 Å². The SMILES string of the molecule is CC(C)=C1CCC2(CC1)CN(C(C)(C)C)C2. The minimum Gasteiger partial charge on any atom is -0.297 e. The monoisotopic (exact) mass is 221 g/mol. The molecule has 0 unspecified atom stereocenters. The van der Waals surface area contributed by atoms with Crippen LogP contribution in [0.2, 0.25) is 0 Å². The molecule has 16 heavy (non-hydrogen) atoms. The van der Waals surface area contributed by atoms with Crippen molar-refractivity contribution in [3.8, 4) is 0 Å². The van der Waals surface area contributed by atoms with Gasteiger partial charge in [-0.2, -0.15) is 0 Å². The Labute approximate surface area is 101 Å². The van der Waals surface area contributed by atoms with E-state index in [9.17, 15) is 0 Å². The maximum atomic E-state index is 2.64. The predicted molar refractivity (Wildman–Crippen MR) is 70.6 cm³/mol. The Balaban J connectivity index is 1.90. The zero-order valence-electron chi connectivity index (χ0n) is 11.7. The van der Waals surface area contributed by atoms with Crippen molar-refractivity contribution in [2.45, 2.75) is 65.8 Å². The van der Waals surface area contributed by atoms with Gasteiger partial charge in [0, 0.05) is 18.6 Å². The molecule has 1 heterocycles. The molecule has 1 heteroatoms. The molecule has 1 nitrogen and oxygen atoms in total. The molecule has 2 fully saturated rings. The Hall–Kier alpha value is -0.300. The molecule has 0 aromatic carbocycles. The number of nitrogens with zero attached hydrogens (tertiary/aromatic N) is 1. The standard InChI is InChI=1S/C15H27N/c1-12(2)13-6-8-15(9-7-13)10-16(11-15)14(3,4)5/h6-11H2,1-5H3. The molecule has 0 amide bonds. The van der Waals surface area contributed by atoms with Crippen molar-refractivity contribution in [2.75, 3.05) is 13.1 Å². The second-order valence-electron chi connectivity index (χ2n) is 7.13. The van der Waals surface area contributed by atoms with Crippen molar-refractivity contribution in [3.63, 3.8) is 0 Å². The highest BCUT2D eigenvalue weighted by molar-refractivity contribution is 5.16. The summed E-state index contributed by atoms with van der Waals surface area (Å²) < 4.78 is 0. The average molecular weight is 221 g/mol. The Morgan fingerprint density at radius 2 is 1.56 bits per heavy atom. The molecule has 0 N–H and O–H groups in total. The van der Waals surface area contributed by atoms with Crippen molar-refractivity contribution >= 4 is 0 Å². The fourth-order valence-electron chi connectivity index (χ4n) is 3.14. The molecule has 2 aliphatic rings. The molecule has 1 spiro atoms. The van der Waals surface area contributed by atoms with Crippen molar-refractivity contribution in [2.24, 2.45) is 5.41 Å². The topological polar surface area (TPSA) is 3.24 Å². The van der Waals surface area contributed by atoms with Gasteiger partial charge in [-0.15, -0.1) is 0 Å². The van der Waals surface area contributed by atoms with E-state index in [1.165, 1.54) is 38.8 Å². The van der Waals surface area contributed by atoms with Gasteiger partial charge in [-0.05, 0) is 65.7 Å². The maximum Gasteiger partial charge on any atom is 0.0125 e. The minimum atomic E-state index is 0.377. The van der Waals surface area contributed by atoms with Gasteiger partial charge in [-0.1, -0.05) is 11.1 Å². The lowest BCUT2D eigenvalue weighted by Gasteiger charge is -2.57. The highest BCUT2D eigenvalue weighted by Crippen LogP contribution is 2.47. The highest BCUT2D eigenvalue weighted by Gasteiger charge is 2.47. The number of hydrogen-bond acceptors (Lipinski definition) is 1. The third-order valence-electron chi connectivity index (χ3n) is 4.62. The first-order chi connectivity index (χ1) is 7.32. The van der Waals surface area contributed by atoms with E-state index >= 15 is 0 Å². The van der Waals surface area contributed by atoms with Crippen LogP contribution in [0.15, 0.2) is 11.1 Å². The summed E-state index contributed by atoms with van der Waals surface area (Å²) in [4.78, 5) is 2.64. The fraction of sp³-hybridized carbons (Fsp3) is 0.867. The summed E-state index contributed by atoms with van der Waals surface area (Å²) in [6.45, 7) is 14.2. The zero-order valence-corrected chi connectivity index (χ0v) is 11.7. The lowest BCUT2D eigenvalue weighted by Crippen LogP contribution is -2.63. The Morgan fingerprint density at radius 1 is 1.06 bits per heavy atom. The van der Waals surface area contributed by atoms with Crippen LogP contribution in [0.1, 0.15) is 60.3 Å². The number of likely N-dealkylation sites (tertiary alicyclic amines) is 1. The smallest absolute Gasteiger partial charge is 0.0125 e. The van der Waals surface area contributed by atoms with Gasteiger partial charge >= 0.3 is 0 Å². The van der Waals surface area contributed by atoms with Crippen molar-refractivity contribution in [1.29, 1.82) is 0 Å². The first-order valence-electron chi connectivity index (χ1n) is 6.73. The molecule has 92 valence electrons. The molecule has 0 aromatic rings. The lowest BCUT2D eigenvalue weighted by atomic mass is 9.66. The number of allylic oxidation sites excluding steroid dienone is 2. The number of rotatable bonds is 0. The second kappa shape index (κ2) is 3.87. The molecule has 2 rings (SSSR count). The Bertz CT molecular complexity index is 284. The van der Waals surface area contributed by atoms with Crippen LogP contribution < -0.4 is 0 Å². The average Bonchev–Trinajstić information content (AvgIpc) is 2.12. The molecular weight excluding hydrogens is 194 g/mol. The molecule has 0 radical (unpaired) electrons. The normalized spacial score (nSPS) is 25.7. The third kappa shape index (κ3) is 2.20. The van der Waals surface area contributed by atoms with E-state index in [-0.39, 0.29) is 0 Å². The van der Waals surface area contributed by atoms with Crippen molar-refractivity contribution in [3.05, 3.63) is 11.1 Å². The van der Waals surface area contributed by atoms with Gasteiger partial charge in [-0.25, -0.2) is 0 Å². The molecule has 0 aromatic heterocycles. The van der Waals surface area contributed by atoms with Crippen molar-refractivity contribution < 1.29 is 0 Å². The van der Waals surface area contributed by atoms with Gasteiger partial charge in [0.25, 0.3) is 0 Å². The van der Waals surface area contributed by atoms with E-state index in [1.807, 2.05) is 0 Å². The van der Waals surface area contributed by atoms with E-state index in [2.05, 4.69) is 39.5 Å². The van der Waals surface area contributed by atoms with Crippen LogP contribution >= 0.6 is 0 Å². The Kier molecular flexibility index (Phi) is 2.94. The fourth-order valence-corrected chi connectivity index (χ4v) is 3.14. The predicted octanol–water partition coefficient (Wildman–Crippen LogP) is 4.00. The molecule has 1 aliphatic heterocycles. The molecular formula is C15H27N. The van der Waals surface area contributed by atoms with Crippen LogP contribution in [0, 0.1) is 5.41 Å². The highest BCUT2D eigenvalue weighted by atomic mass is 15.3. The van der Waals surface area contributed by atoms with Crippen LogP contribution in [0.4, 0.5) is 0 Å². The van der Waals surface area contributed by atoms with E-state index in [0.717, 1.165) is 0 Å². The summed E-state index contributed by atoms with van der Waals surface area (Å²) in [6.07, 6.45) is 5.58. The third-order valence-corrected chi connectivity index (χ3v) is 4.62. The zero-order chi connectivity index (χ0) is 12.0. The van der Waals surface area contributed by atoms with Crippen LogP contribution in [0.3, 0.4) is 0 Å². The van der Waals surface area contributed by atoms with Crippen LogP contribution in [-0.4, -0.2) is 23.5 Å². The quantitative estimate of drug-likeness (QED) is 0.559. The summed E-state index contributed by atoms with van der Waals surface area (Å²) in [5.74, 6) is 0. The summed E-state index contributed by atoms with van der Waals surface area (Å²) >= 11 is 0. The van der Waals surface area contributed by atoms with Crippen LogP contribution in [-0.2, 0) is 0 Å². The number of hydrogen-bond donors (Lipinski definition) is 0. The van der Waals surface area contributed by atoms with Crippen LogP contribution in [0.25, 0.3) is 0 Å². The largest absolute Gasteiger partial charge is 0.297 e.